The van der Waals surface area contributed by atoms with Gasteiger partial charge in [0.25, 0.3) is 5.69 Å². The van der Waals surface area contributed by atoms with E-state index in [1.807, 2.05) is 18.2 Å². The zero-order chi connectivity index (χ0) is 24.1. The van der Waals surface area contributed by atoms with Gasteiger partial charge in [-0.15, -0.1) is 0 Å². The maximum Gasteiger partial charge on any atom is 0.269 e. The number of rotatable bonds is 8. The molecule has 0 bridgehead atoms. The number of non-ortho nitro benzene ring substituents is 1. The molecule has 34 heavy (non-hydrogen) atoms. The second kappa shape index (κ2) is 11.0. The molecule has 0 saturated carbocycles. The number of nitrogens with zero attached hydrogens (tertiary/aromatic N) is 2. The number of nitro benzene ring substituents is 1. The summed E-state index contributed by atoms with van der Waals surface area (Å²) in [6.45, 7) is 0.473. The SMILES string of the molecule is O=C(Cc1ccc2c(c1)OCO2)N/N=C\c1cc(I)c(OCc2ccc([N+](=O)[O-])cc2)c(I)c1. The van der Waals surface area contributed by atoms with E-state index in [2.05, 4.69) is 55.7 Å². The largest absolute Gasteiger partial charge is 0.487 e. The average molecular weight is 685 g/mol. The number of hydrazone groups is 1. The van der Waals surface area contributed by atoms with Gasteiger partial charge in [-0.05, 0) is 98.3 Å². The summed E-state index contributed by atoms with van der Waals surface area (Å²) >= 11 is 4.35. The van der Waals surface area contributed by atoms with Gasteiger partial charge in [0.2, 0.25) is 12.7 Å². The van der Waals surface area contributed by atoms with E-state index in [-0.39, 0.29) is 31.4 Å². The van der Waals surface area contributed by atoms with E-state index in [0.717, 1.165) is 23.8 Å². The fourth-order valence-electron chi connectivity index (χ4n) is 3.12. The Morgan fingerprint density at radius 3 is 2.44 bits per heavy atom. The van der Waals surface area contributed by atoms with Gasteiger partial charge in [0, 0.05) is 12.1 Å². The third-order valence-electron chi connectivity index (χ3n) is 4.76. The fourth-order valence-corrected chi connectivity index (χ4v) is 5.24. The molecule has 1 N–H and O–H groups in total. The number of carbonyl (C=O) groups excluding carboxylic acids is 1. The molecule has 0 spiro atoms. The van der Waals surface area contributed by atoms with Crippen LogP contribution in [-0.4, -0.2) is 23.8 Å². The summed E-state index contributed by atoms with van der Waals surface area (Å²) in [7, 11) is 0. The maximum atomic E-state index is 12.2. The molecule has 9 nitrogen and oxygen atoms in total. The van der Waals surface area contributed by atoms with Crippen LogP contribution in [0.1, 0.15) is 16.7 Å². The van der Waals surface area contributed by atoms with E-state index in [0.29, 0.717) is 17.2 Å². The zero-order valence-electron chi connectivity index (χ0n) is 17.5. The lowest BCUT2D eigenvalue weighted by molar-refractivity contribution is -0.384. The van der Waals surface area contributed by atoms with Crippen LogP contribution in [-0.2, 0) is 17.8 Å². The van der Waals surface area contributed by atoms with Crippen LogP contribution in [0.25, 0.3) is 0 Å². The van der Waals surface area contributed by atoms with E-state index < -0.39 is 4.92 Å². The average Bonchev–Trinajstić information content (AvgIpc) is 3.27. The second-order valence-electron chi connectivity index (χ2n) is 7.18. The topological polar surface area (TPSA) is 112 Å². The predicted octanol–water partition coefficient (Wildman–Crippen LogP) is 4.80. The van der Waals surface area contributed by atoms with Crippen molar-refractivity contribution in [2.75, 3.05) is 6.79 Å². The number of hydrogen-bond donors (Lipinski definition) is 1. The van der Waals surface area contributed by atoms with Crippen LogP contribution in [0.3, 0.4) is 0 Å². The van der Waals surface area contributed by atoms with Crippen LogP contribution >= 0.6 is 45.2 Å². The number of hydrogen-bond acceptors (Lipinski definition) is 7. The highest BCUT2D eigenvalue weighted by Gasteiger charge is 2.14. The van der Waals surface area contributed by atoms with Crippen molar-refractivity contribution in [3.05, 3.63) is 88.5 Å². The zero-order valence-corrected chi connectivity index (χ0v) is 21.8. The van der Waals surface area contributed by atoms with Gasteiger partial charge < -0.3 is 14.2 Å². The van der Waals surface area contributed by atoms with Crippen LogP contribution in [0.2, 0.25) is 0 Å². The van der Waals surface area contributed by atoms with Crippen LogP contribution in [0.5, 0.6) is 17.2 Å². The predicted molar refractivity (Wildman–Crippen MR) is 141 cm³/mol. The minimum absolute atomic E-state index is 0.0412. The number of amides is 1. The van der Waals surface area contributed by atoms with Crippen LogP contribution < -0.4 is 19.6 Å². The molecule has 0 radical (unpaired) electrons. The van der Waals surface area contributed by atoms with Crippen molar-refractivity contribution in [1.82, 2.24) is 5.43 Å². The van der Waals surface area contributed by atoms with Gasteiger partial charge in [-0.25, -0.2) is 5.43 Å². The van der Waals surface area contributed by atoms with Crippen molar-refractivity contribution >= 4 is 63.0 Å². The van der Waals surface area contributed by atoms with Crippen molar-refractivity contribution < 1.29 is 23.9 Å². The Kier molecular flexibility index (Phi) is 7.82. The second-order valence-corrected chi connectivity index (χ2v) is 9.51. The monoisotopic (exact) mass is 685 g/mol. The molecule has 0 atom stereocenters. The summed E-state index contributed by atoms with van der Waals surface area (Å²) in [6, 6.07) is 15.4. The minimum Gasteiger partial charge on any atom is -0.487 e. The highest BCUT2D eigenvalue weighted by molar-refractivity contribution is 14.1. The fraction of sp³-hybridized carbons (Fsp3) is 0.130. The Morgan fingerprint density at radius 1 is 1.06 bits per heavy atom. The molecule has 3 aromatic rings. The number of benzene rings is 3. The van der Waals surface area contributed by atoms with Crippen LogP contribution in [0.4, 0.5) is 5.69 Å². The Morgan fingerprint density at radius 2 is 1.74 bits per heavy atom. The van der Waals surface area contributed by atoms with E-state index >= 15 is 0 Å². The Bertz CT molecular complexity index is 1240. The van der Waals surface area contributed by atoms with Gasteiger partial charge in [0.05, 0.1) is 24.7 Å². The van der Waals surface area contributed by atoms with E-state index in [4.69, 9.17) is 14.2 Å². The van der Waals surface area contributed by atoms with Gasteiger partial charge in [0.1, 0.15) is 12.4 Å². The molecule has 0 saturated heterocycles. The first kappa shape index (κ1) is 24.2. The van der Waals surface area contributed by atoms with Crippen LogP contribution in [0, 0.1) is 17.3 Å². The Balaban J connectivity index is 1.32. The van der Waals surface area contributed by atoms with E-state index in [9.17, 15) is 14.9 Å². The standard InChI is InChI=1S/C23H17I2N3O6/c24-18-7-16(8-19(25)23(18)32-12-14-1-4-17(5-2-14)28(30)31)11-26-27-22(29)10-15-3-6-20-21(9-15)34-13-33-20/h1-9,11H,10,12-13H2,(H,27,29)/b26-11-. The minimum atomic E-state index is -0.434. The molecule has 1 amide bonds. The number of halogens is 2. The third-order valence-corrected chi connectivity index (χ3v) is 6.36. The van der Waals surface area contributed by atoms with Gasteiger partial charge in [-0.1, -0.05) is 6.07 Å². The van der Waals surface area contributed by atoms with Crippen molar-refractivity contribution in [2.45, 2.75) is 13.0 Å². The molecule has 174 valence electrons. The van der Waals surface area contributed by atoms with Gasteiger partial charge in [-0.3, -0.25) is 14.9 Å². The molecule has 1 aliphatic rings. The molecular formula is C23H17I2N3O6. The molecule has 11 heteroatoms. The Hall–Kier alpha value is -2.94. The maximum absolute atomic E-state index is 12.2. The molecule has 0 unspecified atom stereocenters. The summed E-state index contributed by atoms with van der Waals surface area (Å²) in [5.74, 6) is 1.77. The normalized spacial score (nSPS) is 12.1. The van der Waals surface area contributed by atoms with Crippen molar-refractivity contribution in [3.63, 3.8) is 0 Å². The summed E-state index contributed by atoms with van der Waals surface area (Å²) in [4.78, 5) is 22.6. The number of ether oxygens (including phenoxy) is 3. The summed E-state index contributed by atoms with van der Waals surface area (Å²) in [6.07, 6.45) is 1.74. The van der Waals surface area contributed by atoms with Crippen molar-refractivity contribution in [1.29, 1.82) is 0 Å². The summed E-state index contributed by atoms with van der Waals surface area (Å²) in [5.41, 5.74) is 5.01. The lowest BCUT2D eigenvalue weighted by Crippen LogP contribution is -2.19. The molecule has 0 aromatic heterocycles. The van der Waals surface area contributed by atoms with Gasteiger partial charge in [0.15, 0.2) is 11.5 Å². The molecule has 4 rings (SSSR count). The number of fused-ring (bicyclic) bond motifs is 1. The smallest absolute Gasteiger partial charge is 0.269 e. The summed E-state index contributed by atoms with van der Waals surface area (Å²) < 4.78 is 18.3. The first-order valence-electron chi connectivity index (χ1n) is 9.94. The third kappa shape index (κ3) is 6.14. The number of nitrogens with one attached hydrogen (secondary N) is 1. The lowest BCUT2D eigenvalue weighted by atomic mass is 10.1. The quantitative estimate of drug-likeness (QED) is 0.158. The Labute approximate surface area is 221 Å². The van der Waals surface area contributed by atoms with Gasteiger partial charge in [-0.2, -0.15) is 5.10 Å². The highest BCUT2D eigenvalue weighted by atomic mass is 127. The highest BCUT2D eigenvalue weighted by Crippen LogP contribution is 2.32. The molecule has 0 fully saturated rings. The lowest BCUT2D eigenvalue weighted by Gasteiger charge is -2.11. The number of carbonyl (C=O) groups is 1. The molecular weight excluding hydrogens is 668 g/mol. The van der Waals surface area contributed by atoms with E-state index in [1.165, 1.54) is 12.1 Å². The van der Waals surface area contributed by atoms with Gasteiger partial charge >= 0.3 is 0 Å². The first-order chi connectivity index (χ1) is 16.4. The molecule has 0 aliphatic carbocycles. The molecule has 1 aliphatic heterocycles. The van der Waals surface area contributed by atoms with Crippen molar-refractivity contribution in [2.24, 2.45) is 5.10 Å². The van der Waals surface area contributed by atoms with E-state index in [1.54, 1.807) is 30.5 Å². The first-order valence-corrected chi connectivity index (χ1v) is 12.1. The number of nitro groups is 1. The van der Waals surface area contributed by atoms with Crippen molar-refractivity contribution in [3.8, 4) is 17.2 Å². The molecule has 1 heterocycles. The summed E-state index contributed by atoms with van der Waals surface area (Å²) in [5, 5.41) is 14.8. The molecule has 3 aromatic carbocycles. The van der Waals surface area contributed by atoms with Crippen LogP contribution in [0.15, 0.2) is 59.7 Å².